The second-order valence-corrected chi connectivity index (χ2v) is 6.26. The van der Waals surface area contributed by atoms with Crippen molar-refractivity contribution in [3.8, 4) is 0 Å². The van der Waals surface area contributed by atoms with Crippen LogP contribution in [0.3, 0.4) is 0 Å². The molecule has 2 N–H and O–H groups in total. The van der Waals surface area contributed by atoms with E-state index in [9.17, 15) is 4.39 Å². The first-order chi connectivity index (χ1) is 12.2. The standard InChI is InChI=1S/C19H20FN5/c20-15-6-2-4-8-17(15)25-11-9-24(10-12-25)13-18-22-16-7-3-1-5-14(16)19(21)23-18/h1-8H,9-13H2,(H2,21,22,23). The Labute approximate surface area is 145 Å². The number of nitrogen functional groups attached to an aromatic ring is 1. The molecule has 2 heterocycles. The van der Waals surface area contributed by atoms with Crippen LogP contribution >= 0.6 is 0 Å². The quantitative estimate of drug-likeness (QED) is 0.796. The van der Waals surface area contributed by atoms with Crippen molar-refractivity contribution < 1.29 is 4.39 Å². The average Bonchev–Trinajstić information content (AvgIpc) is 2.63. The van der Waals surface area contributed by atoms with Gasteiger partial charge in [0.15, 0.2) is 0 Å². The lowest BCUT2D eigenvalue weighted by molar-refractivity contribution is 0.244. The first kappa shape index (κ1) is 15.8. The van der Waals surface area contributed by atoms with Crippen LogP contribution < -0.4 is 10.6 Å². The highest BCUT2D eigenvalue weighted by atomic mass is 19.1. The second-order valence-electron chi connectivity index (χ2n) is 6.26. The third-order valence-electron chi connectivity index (χ3n) is 4.61. The van der Waals surface area contributed by atoms with Gasteiger partial charge in [0.05, 0.1) is 17.7 Å². The monoisotopic (exact) mass is 337 g/mol. The Morgan fingerprint density at radius 1 is 0.920 bits per heavy atom. The Morgan fingerprint density at radius 3 is 2.44 bits per heavy atom. The fraction of sp³-hybridized carbons (Fsp3) is 0.263. The number of hydrogen-bond acceptors (Lipinski definition) is 5. The summed E-state index contributed by atoms with van der Waals surface area (Å²) in [5, 5.41) is 0.885. The average molecular weight is 337 g/mol. The van der Waals surface area contributed by atoms with Crippen LogP contribution in [-0.2, 0) is 6.54 Å². The molecular formula is C19H20FN5. The number of nitrogens with zero attached hydrogens (tertiary/aromatic N) is 4. The van der Waals surface area contributed by atoms with E-state index in [-0.39, 0.29) is 5.82 Å². The lowest BCUT2D eigenvalue weighted by Gasteiger charge is -2.35. The molecule has 0 unspecified atom stereocenters. The molecule has 1 saturated heterocycles. The van der Waals surface area contributed by atoms with Crippen LogP contribution in [0.5, 0.6) is 0 Å². The molecule has 1 aliphatic rings. The molecule has 1 aromatic heterocycles. The molecule has 1 fully saturated rings. The molecule has 0 aliphatic carbocycles. The normalized spacial score (nSPS) is 15.6. The zero-order chi connectivity index (χ0) is 17.2. The SMILES string of the molecule is Nc1nc(CN2CCN(c3ccccc3F)CC2)nc2ccccc12. The Kier molecular flexibility index (Phi) is 4.19. The van der Waals surface area contributed by atoms with Crippen LogP contribution in [0.2, 0.25) is 0 Å². The van der Waals surface area contributed by atoms with Gasteiger partial charge in [-0.15, -0.1) is 0 Å². The molecular weight excluding hydrogens is 317 g/mol. The molecule has 4 rings (SSSR count). The molecule has 0 bridgehead atoms. The van der Waals surface area contributed by atoms with Crippen molar-refractivity contribution in [1.82, 2.24) is 14.9 Å². The highest BCUT2D eigenvalue weighted by molar-refractivity contribution is 5.87. The van der Waals surface area contributed by atoms with Gasteiger partial charge in [0.2, 0.25) is 0 Å². The van der Waals surface area contributed by atoms with Crippen molar-refractivity contribution in [3.63, 3.8) is 0 Å². The highest BCUT2D eigenvalue weighted by Crippen LogP contribution is 2.21. The van der Waals surface area contributed by atoms with Gasteiger partial charge in [-0.3, -0.25) is 4.90 Å². The van der Waals surface area contributed by atoms with Crippen LogP contribution in [-0.4, -0.2) is 41.0 Å². The molecule has 128 valence electrons. The Bertz CT molecular complexity index is 890. The molecule has 1 aliphatic heterocycles. The number of nitrogens with two attached hydrogens (primary N) is 1. The summed E-state index contributed by atoms with van der Waals surface area (Å²) in [6.45, 7) is 3.89. The molecule has 0 saturated carbocycles. The van der Waals surface area contributed by atoms with Gasteiger partial charge in [-0.25, -0.2) is 14.4 Å². The van der Waals surface area contributed by atoms with Gasteiger partial charge >= 0.3 is 0 Å². The number of piperazine rings is 1. The van der Waals surface area contributed by atoms with E-state index >= 15 is 0 Å². The minimum atomic E-state index is -0.165. The summed E-state index contributed by atoms with van der Waals surface area (Å²) in [5.41, 5.74) is 7.60. The zero-order valence-electron chi connectivity index (χ0n) is 13.9. The van der Waals surface area contributed by atoms with Gasteiger partial charge < -0.3 is 10.6 Å². The van der Waals surface area contributed by atoms with Gasteiger partial charge in [0, 0.05) is 31.6 Å². The first-order valence-electron chi connectivity index (χ1n) is 8.44. The van der Waals surface area contributed by atoms with E-state index in [1.165, 1.54) is 6.07 Å². The molecule has 25 heavy (non-hydrogen) atoms. The van der Waals surface area contributed by atoms with E-state index in [4.69, 9.17) is 5.73 Å². The maximum atomic E-state index is 13.9. The van der Waals surface area contributed by atoms with E-state index < -0.39 is 0 Å². The molecule has 0 amide bonds. The fourth-order valence-electron chi connectivity index (χ4n) is 3.28. The predicted octanol–water partition coefficient (Wildman–Crippen LogP) is 2.67. The van der Waals surface area contributed by atoms with Gasteiger partial charge in [-0.2, -0.15) is 0 Å². The number of aromatic nitrogens is 2. The third kappa shape index (κ3) is 3.25. The summed E-state index contributed by atoms with van der Waals surface area (Å²) in [6.07, 6.45) is 0. The lowest BCUT2D eigenvalue weighted by Crippen LogP contribution is -2.46. The molecule has 0 radical (unpaired) electrons. The van der Waals surface area contributed by atoms with Gasteiger partial charge in [0.1, 0.15) is 17.5 Å². The Morgan fingerprint density at radius 2 is 1.64 bits per heavy atom. The van der Waals surface area contributed by atoms with Crippen LogP contribution in [0.25, 0.3) is 10.9 Å². The molecule has 0 atom stereocenters. The van der Waals surface area contributed by atoms with Crippen LogP contribution in [0.15, 0.2) is 48.5 Å². The summed E-state index contributed by atoms with van der Waals surface area (Å²) in [7, 11) is 0. The maximum absolute atomic E-state index is 13.9. The number of para-hydroxylation sites is 2. The zero-order valence-corrected chi connectivity index (χ0v) is 13.9. The fourth-order valence-corrected chi connectivity index (χ4v) is 3.28. The summed E-state index contributed by atoms with van der Waals surface area (Å²) in [4.78, 5) is 13.4. The largest absolute Gasteiger partial charge is 0.383 e. The predicted molar refractivity (Wildman–Crippen MR) is 97.8 cm³/mol. The van der Waals surface area contributed by atoms with Crippen molar-refractivity contribution >= 4 is 22.4 Å². The van der Waals surface area contributed by atoms with E-state index in [2.05, 4.69) is 19.8 Å². The summed E-state index contributed by atoms with van der Waals surface area (Å²) in [5.74, 6) is 1.09. The van der Waals surface area contributed by atoms with Gasteiger partial charge in [-0.05, 0) is 24.3 Å². The van der Waals surface area contributed by atoms with Crippen molar-refractivity contribution in [2.45, 2.75) is 6.54 Å². The minimum absolute atomic E-state index is 0.165. The second kappa shape index (κ2) is 6.64. The maximum Gasteiger partial charge on any atom is 0.146 e. The number of benzene rings is 2. The van der Waals surface area contributed by atoms with E-state index in [0.717, 1.165) is 42.9 Å². The van der Waals surface area contributed by atoms with Gasteiger partial charge in [-0.1, -0.05) is 24.3 Å². The number of anilines is 2. The number of halogens is 1. The van der Waals surface area contributed by atoms with Crippen LogP contribution in [0.1, 0.15) is 5.82 Å². The van der Waals surface area contributed by atoms with Crippen molar-refractivity contribution in [3.05, 3.63) is 60.2 Å². The summed E-state index contributed by atoms with van der Waals surface area (Å²) < 4.78 is 13.9. The Balaban J connectivity index is 1.44. The van der Waals surface area contributed by atoms with E-state index in [0.29, 0.717) is 18.1 Å². The summed E-state index contributed by atoms with van der Waals surface area (Å²) >= 11 is 0. The first-order valence-corrected chi connectivity index (χ1v) is 8.44. The van der Waals surface area contributed by atoms with Crippen molar-refractivity contribution in [1.29, 1.82) is 0 Å². The number of rotatable bonds is 3. The lowest BCUT2D eigenvalue weighted by atomic mass is 10.2. The highest BCUT2D eigenvalue weighted by Gasteiger charge is 2.20. The molecule has 0 spiro atoms. The molecule has 2 aromatic carbocycles. The van der Waals surface area contributed by atoms with Gasteiger partial charge in [0.25, 0.3) is 0 Å². The van der Waals surface area contributed by atoms with Crippen molar-refractivity contribution in [2.75, 3.05) is 36.8 Å². The number of hydrogen-bond donors (Lipinski definition) is 1. The van der Waals surface area contributed by atoms with Crippen LogP contribution in [0, 0.1) is 5.82 Å². The molecule has 6 heteroatoms. The Hall–Kier alpha value is -2.73. The third-order valence-corrected chi connectivity index (χ3v) is 4.61. The molecule has 5 nitrogen and oxygen atoms in total. The summed E-state index contributed by atoms with van der Waals surface area (Å²) in [6, 6.07) is 14.7. The van der Waals surface area contributed by atoms with E-state index in [1.807, 2.05) is 36.4 Å². The molecule has 3 aromatic rings. The topological polar surface area (TPSA) is 58.3 Å². The number of fused-ring (bicyclic) bond motifs is 1. The smallest absolute Gasteiger partial charge is 0.146 e. The van der Waals surface area contributed by atoms with Crippen LogP contribution in [0.4, 0.5) is 15.9 Å². The minimum Gasteiger partial charge on any atom is -0.383 e. The van der Waals surface area contributed by atoms with Crippen molar-refractivity contribution in [2.24, 2.45) is 0 Å². The van der Waals surface area contributed by atoms with E-state index in [1.54, 1.807) is 6.07 Å².